The van der Waals surface area contributed by atoms with Gasteiger partial charge in [-0.3, -0.25) is 4.79 Å². The van der Waals surface area contributed by atoms with E-state index in [1.54, 1.807) is 6.92 Å². The highest BCUT2D eigenvalue weighted by Gasteiger charge is 2.38. The summed E-state index contributed by atoms with van der Waals surface area (Å²) in [6.45, 7) is 1.50. The van der Waals surface area contributed by atoms with Crippen LogP contribution in [0.15, 0.2) is 0 Å². The van der Waals surface area contributed by atoms with Crippen molar-refractivity contribution in [3.05, 3.63) is 0 Å². The zero-order valence-electron chi connectivity index (χ0n) is 7.75. The standard InChI is InChI=1S/C8H13NO5/c1-4-2-6(10)5(7(11)12)3-9(4)8(13)14/h4-6,10H,2-3H2,1H3,(H,11,12)(H,13,14)/t4-,5?,6?/m0/s1. The first kappa shape index (κ1) is 10.8. The molecule has 2 unspecified atom stereocenters. The molecule has 0 aromatic carbocycles. The van der Waals surface area contributed by atoms with E-state index in [1.165, 1.54) is 0 Å². The number of piperidine rings is 1. The minimum absolute atomic E-state index is 0.146. The fourth-order valence-electron chi connectivity index (χ4n) is 1.66. The van der Waals surface area contributed by atoms with Gasteiger partial charge in [0.25, 0.3) is 0 Å². The van der Waals surface area contributed by atoms with Gasteiger partial charge in [-0.05, 0) is 13.3 Å². The third-order valence-corrected chi connectivity index (χ3v) is 2.54. The third kappa shape index (κ3) is 1.95. The molecule has 1 aliphatic heterocycles. The molecular formula is C8H13NO5. The van der Waals surface area contributed by atoms with Crippen molar-refractivity contribution < 1.29 is 24.9 Å². The Balaban J connectivity index is 2.75. The maximum Gasteiger partial charge on any atom is 0.407 e. The van der Waals surface area contributed by atoms with E-state index in [9.17, 15) is 14.7 Å². The predicted molar refractivity (Wildman–Crippen MR) is 45.9 cm³/mol. The predicted octanol–water partition coefficient (Wildman–Crippen LogP) is -0.180. The minimum atomic E-state index is -1.16. The van der Waals surface area contributed by atoms with Crippen molar-refractivity contribution in [3.8, 4) is 0 Å². The van der Waals surface area contributed by atoms with E-state index in [-0.39, 0.29) is 19.0 Å². The van der Waals surface area contributed by atoms with Gasteiger partial charge in [0.2, 0.25) is 0 Å². The van der Waals surface area contributed by atoms with Crippen LogP contribution in [0.3, 0.4) is 0 Å². The van der Waals surface area contributed by atoms with E-state index in [1.807, 2.05) is 0 Å². The number of likely N-dealkylation sites (tertiary alicyclic amines) is 1. The minimum Gasteiger partial charge on any atom is -0.481 e. The van der Waals surface area contributed by atoms with Crippen LogP contribution < -0.4 is 0 Å². The van der Waals surface area contributed by atoms with E-state index in [4.69, 9.17) is 10.2 Å². The zero-order chi connectivity index (χ0) is 10.9. The second-order valence-corrected chi connectivity index (χ2v) is 3.53. The van der Waals surface area contributed by atoms with Crippen LogP contribution in [0.5, 0.6) is 0 Å². The van der Waals surface area contributed by atoms with Gasteiger partial charge in [-0.2, -0.15) is 0 Å². The first-order valence-corrected chi connectivity index (χ1v) is 4.34. The van der Waals surface area contributed by atoms with E-state index >= 15 is 0 Å². The lowest BCUT2D eigenvalue weighted by molar-refractivity contribution is -0.149. The normalized spacial score (nSPS) is 32.7. The molecule has 1 aliphatic rings. The molecule has 80 valence electrons. The molecule has 1 heterocycles. The quantitative estimate of drug-likeness (QED) is 0.549. The molecule has 0 bridgehead atoms. The van der Waals surface area contributed by atoms with E-state index < -0.39 is 24.1 Å². The molecule has 0 radical (unpaired) electrons. The van der Waals surface area contributed by atoms with E-state index in [2.05, 4.69) is 0 Å². The summed E-state index contributed by atoms with van der Waals surface area (Å²) in [5.74, 6) is -2.17. The molecule has 0 aliphatic carbocycles. The average Bonchev–Trinajstić information content (AvgIpc) is 2.02. The number of hydrogen-bond acceptors (Lipinski definition) is 3. The Morgan fingerprint density at radius 1 is 1.36 bits per heavy atom. The maximum absolute atomic E-state index is 10.7. The van der Waals surface area contributed by atoms with Gasteiger partial charge in [0.05, 0.1) is 6.10 Å². The highest BCUT2D eigenvalue weighted by Crippen LogP contribution is 2.22. The number of hydrogen-bond donors (Lipinski definition) is 3. The lowest BCUT2D eigenvalue weighted by atomic mass is 9.91. The summed E-state index contributed by atoms with van der Waals surface area (Å²) in [6.07, 6.45) is -1.93. The molecule has 3 atom stereocenters. The number of rotatable bonds is 1. The van der Waals surface area contributed by atoms with Crippen LogP contribution in [0.25, 0.3) is 0 Å². The van der Waals surface area contributed by atoms with Gasteiger partial charge in [0.1, 0.15) is 5.92 Å². The van der Waals surface area contributed by atoms with Crippen molar-refractivity contribution in [1.29, 1.82) is 0 Å². The van der Waals surface area contributed by atoms with Crippen LogP contribution in [0, 0.1) is 5.92 Å². The summed E-state index contributed by atoms with van der Waals surface area (Å²) in [5.41, 5.74) is 0. The summed E-state index contributed by atoms with van der Waals surface area (Å²) >= 11 is 0. The SMILES string of the molecule is C[C@H]1CC(O)C(C(=O)O)CN1C(=O)O. The highest BCUT2D eigenvalue weighted by atomic mass is 16.4. The molecule has 0 spiro atoms. The lowest BCUT2D eigenvalue weighted by Crippen LogP contribution is -2.52. The first-order chi connectivity index (χ1) is 6.43. The van der Waals surface area contributed by atoms with E-state index in [0.29, 0.717) is 0 Å². The van der Waals surface area contributed by atoms with Crippen molar-refractivity contribution in [1.82, 2.24) is 4.90 Å². The molecule has 1 saturated heterocycles. The van der Waals surface area contributed by atoms with Crippen LogP contribution in [-0.2, 0) is 4.79 Å². The smallest absolute Gasteiger partial charge is 0.407 e. The van der Waals surface area contributed by atoms with Gasteiger partial charge in [-0.25, -0.2) is 4.79 Å². The van der Waals surface area contributed by atoms with Crippen LogP contribution in [0.2, 0.25) is 0 Å². The highest BCUT2D eigenvalue weighted by molar-refractivity contribution is 5.73. The third-order valence-electron chi connectivity index (χ3n) is 2.54. The Labute approximate surface area is 80.8 Å². The zero-order valence-corrected chi connectivity index (χ0v) is 7.75. The summed E-state index contributed by atoms with van der Waals surface area (Å²) < 4.78 is 0. The van der Waals surface area contributed by atoms with E-state index in [0.717, 1.165) is 4.90 Å². The van der Waals surface area contributed by atoms with Crippen molar-refractivity contribution >= 4 is 12.1 Å². The molecule has 3 N–H and O–H groups in total. The number of amides is 1. The molecule has 1 amide bonds. The second kappa shape index (κ2) is 3.83. The average molecular weight is 203 g/mol. The molecule has 14 heavy (non-hydrogen) atoms. The Hall–Kier alpha value is -1.30. The van der Waals surface area contributed by atoms with Crippen LogP contribution >= 0.6 is 0 Å². The summed E-state index contributed by atoms with van der Waals surface area (Å²) in [5, 5.41) is 26.9. The first-order valence-electron chi connectivity index (χ1n) is 4.34. The van der Waals surface area contributed by atoms with Crippen molar-refractivity contribution in [2.75, 3.05) is 6.54 Å². The van der Waals surface area contributed by atoms with Gasteiger partial charge in [-0.1, -0.05) is 0 Å². The molecule has 1 rings (SSSR count). The topological polar surface area (TPSA) is 98.1 Å². The Morgan fingerprint density at radius 3 is 2.36 bits per heavy atom. The molecule has 0 saturated carbocycles. The summed E-state index contributed by atoms with van der Waals surface area (Å²) in [7, 11) is 0. The van der Waals surface area contributed by atoms with Crippen LogP contribution in [0.4, 0.5) is 4.79 Å². The van der Waals surface area contributed by atoms with Crippen molar-refractivity contribution in [3.63, 3.8) is 0 Å². The Morgan fingerprint density at radius 2 is 1.93 bits per heavy atom. The fourth-order valence-corrected chi connectivity index (χ4v) is 1.66. The van der Waals surface area contributed by atoms with Crippen LogP contribution in [-0.4, -0.2) is 51.0 Å². The van der Waals surface area contributed by atoms with Crippen molar-refractivity contribution in [2.45, 2.75) is 25.5 Å². The number of aliphatic hydroxyl groups is 1. The second-order valence-electron chi connectivity index (χ2n) is 3.53. The van der Waals surface area contributed by atoms with Gasteiger partial charge in [0.15, 0.2) is 0 Å². The van der Waals surface area contributed by atoms with Crippen LogP contribution in [0.1, 0.15) is 13.3 Å². The van der Waals surface area contributed by atoms with Gasteiger partial charge in [-0.15, -0.1) is 0 Å². The maximum atomic E-state index is 10.7. The molecule has 1 fully saturated rings. The molecule has 0 aromatic rings. The number of nitrogens with zero attached hydrogens (tertiary/aromatic N) is 1. The molecule has 0 aromatic heterocycles. The largest absolute Gasteiger partial charge is 0.481 e. The molecule has 6 heteroatoms. The molecular weight excluding hydrogens is 190 g/mol. The number of carboxylic acids is 1. The fraction of sp³-hybridized carbons (Fsp3) is 0.750. The molecule has 6 nitrogen and oxygen atoms in total. The Kier molecular flexibility index (Phi) is 2.95. The number of aliphatic carboxylic acids is 1. The van der Waals surface area contributed by atoms with Gasteiger partial charge < -0.3 is 20.2 Å². The monoisotopic (exact) mass is 203 g/mol. The number of carbonyl (C=O) groups is 2. The summed E-state index contributed by atoms with van der Waals surface area (Å²) in [4.78, 5) is 22.4. The number of carboxylic acid groups (broad SMARTS) is 2. The summed E-state index contributed by atoms with van der Waals surface area (Å²) in [6, 6.07) is -0.335. The Bertz CT molecular complexity index is 230. The van der Waals surface area contributed by atoms with Crippen molar-refractivity contribution in [2.24, 2.45) is 5.92 Å². The van der Waals surface area contributed by atoms with Gasteiger partial charge in [0, 0.05) is 12.6 Å². The number of aliphatic hydroxyl groups excluding tert-OH is 1. The lowest BCUT2D eigenvalue weighted by Gasteiger charge is -2.37. The van der Waals surface area contributed by atoms with Gasteiger partial charge >= 0.3 is 12.1 Å².